The van der Waals surface area contributed by atoms with Crippen LogP contribution in [-0.2, 0) is 17.8 Å². The Kier molecular flexibility index (Phi) is 4.25. The van der Waals surface area contributed by atoms with Gasteiger partial charge in [-0.1, -0.05) is 38.1 Å². The number of hydrogen-bond acceptors (Lipinski definition) is 2. The number of hydrogen-bond donors (Lipinski definition) is 1. The number of carbonyl (C=O) groups is 1. The van der Waals surface area contributed by atoms with Crippen LogP contribution >= 0.6 is 0 Å². The molecule has 3 heteroatoms. The maximum Gasteiger partial charge on any atom is 0.324 e. The molecule has 0 amide bonds. The molecule has 0 bridgehead atoms. The Morgan fingerprint density at radius 1 is 1.32 bits per heavy atom. The number of benzene rings is 1. The van der Waals surface area contributed by atoms with Crippen molar-refractivity contribution in [1.29, 1.82) is 0 Å². The van der Waals surface area contributed by atoms with E-state index in [1.54, 1.807) is 0 Å². The van der Waals surface area contributed by atoms with Gasteiger partial charge in [0.1, 0.15) is 5.54 Å². The second kappa shape index (κ2) is 5.74. The Hall–Kier alpha value is -1.35. The summed E-state index contributed by atoms with van der Waals surface area (Å²) >= 11 is 0. The van der Waals surface area contributed by atoms with Gasteiger partial charge >= 0.3 is 5.97 Å². The Morgan fingerprint density at radius 2 is 2.00 bits per heavy atom. The predicted octanol–water partition coefficient (Wildman–Crippen LogP) is 3.08. The molecule has 1 aliphatic rings. The first-order chi connectivity index (χ1) is 9.14. The summed E-state index contributed by atoms with van der Waals surface area (Å²) < 4.78 is 0. The van der Waals surface area contributed by atoms with E-state index >= 15 is 0 Å². The number of aryl methyl sites for hydroxylation is 1. The fourth-order valence-electron chi connectivity index (χ4n) is 3.22. The second-order valence-electron chi connectivity index (χ2n) is 5.34. The van der Waals surface area contributed by atoms with Crippen LogP contribution in [0.3, 0.4) is 0 Å². The molecule has 1 saturated heterocycles. The number of carboxylic acid groups (broad SMARTS) is 1. The van der Waals surface area contributed by atoms with Gasteiger partial charge in [0.15, 0.2) is 0 Å². The molecule has 1 N–H and O–H groups in total. The van der Waals surface area contributed by atoms with Crippen molar-refractivity contribution in [2.75, 3.05) is 6.54 Å². The molecule has 1 aromatic carbocycles. The number of likely N-dealkylation sites (tertiary alicyclic amines) is 1. The van der Waals surface area contributed by atoms with Gasteiger partial charge in [0, 0.05) is 6.54 Å². The molecular formula is C16H23NO2. The maximum atomic E-state index is 11.7. The number of carboxylic acids is 1. The van der Waals surface area contributed by atoms with Crippen molar-refractivity contribution < 1.29 is 9.90 Å². The predicted molar refractivity (Wildman–Crippen MR) is 76.1 cm³/mol. The minimum atomic E-state index is -0.665. The van der Waals surface area contributed by atoms with Gasteiger partial charge in [0.2, 0.25) is 0 Å². The summed E-state index contributed by atoms with van der Waals surface area (Å²) in [4.78, 5) is 13.8. The Labute approximate surface area is 115 Å². The SMILES string of the molecule is CCc1ccccc1CN1CCCC1(CC)C(=O)O. The third kappa shape index (κ3) is 2.52. The quantitative estimate of drug-likeness (QED) is 0.885. The lowest BCUT2D eigenvalue weighted by atomic mass is 9.92. The lowest BCUT2D eigenvalue weighted by molar-refractivity contribution is -0.150. The van der Waals surface area contributed by atoms with E-state index in [9.17, 15) is 9.90 Å². The van der Waals surface area contributed by atoms with E-state index in [2.05, 4.69) is 30.0 Å². The molecule has 0 radical (unpaired) electrons. The van der Waals surface area contributed by atoms with Crippen LogP contribution in [0.4, 0.5) is 0 Å². The molecule has 0 aromatic heterocycles. The third-order valence-electron chi connectivity index (χ3n) is 4.47. The van der Waals surface area contributed by atoms with Crippen molar-refractivity contribution in [2.45, 2.75) is 51.6 Å². The van der Waals surface area contributed by atoms with Crippen LogP contribution in [0.2, 0.25) is 0 Å². The van der Waals surface area contributed by atoms with Crippen molar-refractivity contribution in [3.05, 3.63) is 35.4 Å². The molecule has 104 valence electrons. The van der Waals surface area contributed by atoms with Gasteiger partial charge in [0.05, 0.1) is 0 Å². The van der Waals surface area contributed by atoms with Crippen LogP contribution < -0.4 is 0 Å². The van der Waals surface area contributed by atoms with Gasteiger partial charge in [-0.2, -0.15) is 0 Å². The molecule has 1 aliphatic heterocycles. The highest BCUT2D eigenvalue weighted by Crippen LogP contribution is 2.34. The summed E-state index contributed by atoms with van der Waals surface area (Å²) in [6.07, 6.45) is 3.42. The number of aliphatic carboxylic acids is 1. The molecule has 0 aliphatic carbocycles. The molecular weight excluding hydrogens is 238 g/mol. The summed E-state index contributed by atoms with van der Waals surface area (Å²) in [6.45, 7) is 5.77. The van der Waals surface area contributed by atoms with Crippen molar-refractivity contribution >= 4 is 5.97 Å². The summed E-state index contributed by atoms with van der Waals surface area (Å²) in [6, 6.07) is 8.36. The first-order valence-corrected chi connectivity index (χ1v) is 7.19. The van der Waals surface area contributed by atoms with Gasteiger partial charge in [0.25, 0.3) is 0 Å². The van der Waals surface area contributed by atoms with Crippen LogP contribution in [0.15, 0.2) is 24.3 Å². The average Bonchev–Trinajstić information content (AvgIpc) is 2.83. The van der Waals surface area contributed by atoms with Crippen LogP contribution in [0, 0.1) is 0 Å². The van der Waals surface area contributed by atoms with E-state index in [-0.39, 0.29) is 0 Å². The summed E-state index contributed by atoms with van der Waals surface area (Å²) in [5, 5.41) is 9.60. The van der Waals surface area contributed by atoms with E-state index in [4.69, 9.17) is 0 Å². The van der Waals surface area contributed by atoms with Crippen LogP contribution in [-0.4, -0.2) is 28.1 Å². The zero-order chi connectivity index (χ0) is 13.9. The molecule has 0 spiro atoms. The Balaban J connectivity index is 2.24. The fraction of sp³-hybridized carbons (Fsp3) is 0.562. The molecule has 2 rings (SSSR count). The van der Waals surface area contributed by atoms with Gasteiger partial charge in [-0.25, -0.2) is 0 Å². The van der Waals surface area contributed by atoms with E-state index in [0.29, 0.717) is 6.42 Å². The normalized spacial score (nSPS) is 23.7. The zero-order valence-corrected chi connectivity index (χ0v) is 11.9. The lowest BCUT2D eigenvalue weighted by Crippen LogP contribution is -2.49. The van der Waals surface area contributed by atoms with Crippen LogP contribution in [0.25, 0.3) is 0 Å². The highest BCUT2D eigenvalue weighted by molar-refractivity contribution is 5.79. The van der Waals surface area contributed by atoms with Crippen molar-refractivity contribution in [2.24, 2.45) is 0 Å². The van der Waals surface area contributed by atoms with Gasteiger partial charge < -0.3 is 5.11 Å². The Bertz CT molecular complexity index is 458. The monoisotopic (exact) mass is 261 g/mol. The maximum absolute atomic E-state index is 11.7. The lowest BCUT2D eigenvalue weighted by Gasteiger charge is -2.34. The highest BCUT2D eigenvalue weighted by Gasteiger charge is 2.45. The van der Waals surface area contributed by atoms with E-state index in [1.807, 2.05) is 13.0 Å². The summed E-state index contributed by atoms with van der Waals surface area (Å²) in [5.74, 6) is -0.665. The summed E-state index contributed by atoms with van der Waals surface area (Å²) in [7, 11) is 0. The van der Waals surface area contributed by atoms with Crippen LogP contribution in [0.5, 0.6) is 0 Å². The zero-order valence-electron chi connectivity index (χ0n) is 11.9. The van der Waals surface area contributed by atoms with Gasteiger partial charge in [-0.3, -0.25) is 9.69 Å². The van der Waals surface area contributed by atoms with Crippen LogP contribution in [0.1, 0.15) is 44.2 Å². The molecule has 1 fully saturated rings. The van der Waals surface area contributed by atoms with E-state index in [0.717, 1.165) is 32.4 Å². The number of nitrogens with zero attached hydrogens (tertiary/aromatic N) is 1. The smallest absolute Gasteiger partial charge is 0.324 e. The highest BCUT2D eigenvalue weighted by atomic mass is 16.4. The molecule has 19 heavy (non-hydrogen) atoms. The first-order valence-electron chi connectivity index (χ1n) is 7.19. The minimum Gasteiger partial charge on any atom is -0.480 e. The molecule has 1 aromatic rings. The molecule has 3 nitrogen and oxygen atoms in total. The molecule has 1 heterocycles. The van der Waals surface area contributed by atoms with Gasteiger partial charge in [-0.05, 0) is 43.4 Å². The van der Waals surface area contributed by atoms with E-state index in [1.165, 1.54) is 11.1 Å². The second-order valence-corrected chi connectivity index (χ2v) is 5.34. The topological polar surface area (TPSA) is 40.5 Å². The van der Waals surface area contributed by atoms with Crippen molar-refractivity contribution in [3.8, 4) is 0 Å². The Morgan fingerprint density at radius 3 is 2.58 bits per heavy atom. The number of rotatable bonds is 5. The van der Waals surface area contributed by atoms with Crippen molar-refractivity contribution in [3.63, 3.8) is 0 Å². The average molecular weight is 261 g/mol. The molecule has 1 unspecified atom stereocenters. The third-order valence-corrected chi connectivity index (χ3v) is 4.47. The fourth-order valence-corrected chi connectivity index (χ4v) is 3.22. The molecule has 0 saturated carbocycles. The van der Waals surface area contributed by atoms with E-state index < -0.39 is 11.5 Å². The minimum absolute atomic E-state index is 0.652. The van der Waals surface area contributed by atoms with Gasteiger partial charge in [-0.15, -0.1) is 0 Å². The standard InChI is InChI=1S/C16H23NO2/c1-3-13-8-5-6-9-14(13)12-17-11-7-10-16(17,4-2)15(18)19/h5-6,8-9H,3-4,7,10-12H2,1-2H3,(H,18,19). The molecule has 1 atom stereocenters. The van der Waals surface area contributed by atoms with Crippen molar-refractivity contribution in [1.82, 2.24) is 4.90 Å². The largest absolute Gasteiger partial charge is 0.480 e. The first kappa shape index (κ1) is 14.1. The summed E-state index contributed by atoms with van der Waals surface area (Å²) in [5.41, 5.74) is 1.94.